The van der Waals surface area contributed by atoms with E-state index in [0.29, 0.717) is 27.7 Å². The molecule has 0 aliphatic heterocycles. The zero-order chi connectivity index (χ0) is 24.9. The van der Waals surface area contributed by atoms with Gasteiger partial charge in [0.05, 0.1) is 41.2 Å². The molecule has 3 rings (SSSR count). The zero-order valence-electron chi connectivity index (χ0n) is 17.6. The van der Waals surface area contributed by atoms with Crippen molar-refractivity contribution in [3.05, 3.63) is 70.6 Å². The molecule has 34 heavy (non-hydrogen) atoms. The molecule has 0 atom stereocenters. The van der Waals surface area contributed by atoms with E-state index in [1.807, 2.05) is 0 Å². The summed E-state index contributed by atoms with van der Waals surface area (Å²) in [6.45, 7) is 1.36. The second-order valence-corrected chi connectivity index (χ2v) is 7.40. The molecule has 8 nitrogen and oxygen atoms in total. The molecule has 3 aromatic rings. The number of aryl methyl sites for hydroxylation is 1. The van der Waals surface area contributed by atoms with E-state index in [4.69, 9.17) is 21.5 Å². The van der Waals surface area contributed by atoms with E-state index in [2.05, 4.69) is 15.3 Å². The average Bonchev–Trinajstić information content (AvgIpc) is 2.80. The van der Waals surface area contributed by atoms with Crippen molar-refractivity contribution in [2.24, 2.45) is 0 Å². The number of nitrogens with one attached hydrogen (secondary N) is 2. The predicted molar refractivity (Wildman–Crippen MR) is 117 cm³/mol. The van der Waals surface area contributed by atoms with Gasteiger partial charge in [0.15, 0.2) is 0 Å². The Morgan fingerprint density at radius 2 is 1.91 bits per heavy atom. The third-order valence-electron chi connectivity index (χ3n) is 4.58. The van der Waals surface area contributed by atoms with Crippen LogP contribution >= 0.6 is 11.6 Å². The molecule has 0 bridgehead atoms. The number of halogens is 4. The summed E-state index contributed by atoms with van der Waals surface area (Å²) in [7, 11) is 0. The Morgan fingerprint density at radius 3 is 2.53 bits per heavy atom. The van der Waals surface area contributed by atoms with Crippen LogP contribution < -0.4 is 15.5 Å². The summed E-state index contributed by atoms with van der Waals surface area (Å²) in [5, 5.41) is 11.4. The first-order valence-corrected chi connectivity index (χ1v) is 10.1. The fraction of sp³-hybridized carbons (Fsp3) is 0.182. The lowest BCUT2D eigenvalue weighted by molar-refractivity contribution is -0.141. The number of pyridine rings is 2. The van der Waals surface area contributed by atoms with Gasteiger partial charge in [-0.25, -0.2) is 10.5 Å². The van der Waals surface area contributed by atoms with Crippen LogP contribution in [0, 0.1) is 6.92 Å². The number of carbonyl (C=O) groups excluding carboxylic acids is 2. The Hall–Kier alpha value is -3.70. The number of ether oxygens (including phenoxy) is 1. The highest BCUT2D eigenvalue weighted by atomic mass is 35.5. The Bertz CT molecular complexity index is 1200. The van der Waals surface area contributed by atoms with Gasteiger partial charge in [-0.05, 0) is 49.4 Å². The van der Waals surface area contributed by atoms with Gasteiger partial charge >= 0.3 is 6.18 Å². The molecule has 0 saturated heterocycles. The topological polar surface area (TPSA) is 113 Å². The number of hydroxylamine groups is 1. The normalized spacial score (nSPS) is 11.1. The summed E-state index contributed by atoms with van der Waals surface area (Å²) >= 11 is 6.28. The summed E-state index contributed by atoms with van der Waals surface area (Å²) in [5.74, 6) is -0.825. The lowest BCUT2D eigenvalue weighted by Gasteiger charge is -2.12. The molecule has 0 aliphatic rings. The number of carbonyl (C=O) groups is 2. The lowest BCUT2D eigenvalue weighted by Crippen LogP contribution is -2.20. The van der Waals surface area contributed by atoms with Gasteiger partial charge in [-0.15, -0.1) is 0 Å². The van der Waals surface area contributed by atoms with Crippen molar-refractivity contribution in [3.8, 4) is 17.0 Å². The molecule has 12 heteroatoms. The minimum absolute atomic E-state index is 0.000920. The summed E-state index contributed by atoms with van der Waals surface area (Å²) < 4.78 is 43.8. The van der Waals surface area contributed by atoms with E-state index in [-0.39, 0.29) is 24.3 Å². The van der Waals surface area contributed by atoms with Crippen LogP contribution in [0.25, 0.3) is 11.3 Å². The van der Waals surface area contributed by atoms with Gasteiger partial charge in [0.2, 0.25) is 5.91 Å². The maximum absolute atomic E-state index is 12.8. The Balaban J connectivity index is 1.74. The Kier molecular flexibility index (Phi) is 7.69. The second kappa shape index (κ2) is 10.5. The average molecular weight is 495 g/mol. The van der Waals surface area contributed by atoms with Crippen molar-refractivity contribution in [2.45, 2.75) is 19.5 Å². The first kappa shape index (κ1) is 24.9. The Morgan fingerprint density at radius 1 is 1.15 bits per heavy atom. The van der Waals surface area contributed by atoms with E-state index in [1.165, 1.54) is 18.6 Å². The molecular formula is C22H18ClF3N4O4. The summed E-state index contributed by atoms with van der Waals surface area (Å²) in [4.78, 5) is 31.3. The van der Waals surface area contributed by atoms with Crippen LogP contribution in [0.15, 0.2) is 48.7 Å². The molecule has 2 amide bonds. The predicted octanol–water partition coefficient (Wildman–Crippen LogP) is 4.65. The van der Waals surface area contributed by atoms with Crippen LogP contribution in [-0.4, -0.2) is 33.6 Å². The van der Waals surface area contributed by atoms with Gasteiger partial charge in [-0.1, -0.05) is 11.6 Å². The fourth-order valence-electron chi connectivity index (χ4n) is 2.90. The number of hydrogen-bond acceptors (Lipinski definition) is 6. The highest BCUT2D eigenvalue weighted by molar-refractivity contribution is 6.33. The number of nitrogens with zero attached hydrogens (tertiary/aromatic N) is 2. The van der Waals surface area contributed by atoms with Gasteiger partial charge in [0, 0.05) is 11.3 Å². The quantitative estimate of drug-likeness (QED) is 0.325. The molecule has 3 N–H and O–H groups in total. The van der Waals surface area contributed by atoms with Crippen molar-refractivity contribution in [3.63, 3.8) is 0 Å². The van der Waals surface area contributed by atoms with Crippen LogP contribution in [0.2, 0.25) is 5.02 Å². The summed E-state index contributed by atoms with van der Waals surface area (Å²) in [6.07, 6.45) is -3.22. The highest BCUT2D eigenvalue weighted by Crippen LogP contribution is 2.31. The van der Waals surface area contributed by atoms with E-state index in [9.17, 15) is 22.8 Å². The van der Waals surface area contributed by atoms with E-state index in [1.54, 1.807) is 30.3 Å². The number of rotatable bonds is 7. The van der Waals surface area contributed by atoms with Crippen LogP contribution in [0.1, 0.15) is 28.2 Å². The van der Waals surface area contributed by atoms with E-state index >= 15 is 0 Å². The van der Waals surface area contributed by atoms with Gasteiger partial charge in [0.1, 0.15) is 11.4 Å². The molecule has 0 radical (unpaired) electrons. The van der Waals surface area contributed by atoms with Gasteiger partial charge in [-0.3, -0.25) is 19.8 Å². The third-order valence-corrected chi connectivity index (χ3v) is 4.91. The molecule has 0 spiro atoms. The molecule has 0 aliphatic carbocycles. The molecule has 0 unspecified atom stereocenters. The van der Waals surface area contributed by atoms with Crippen LogP contribution in [0.3, 0.4) is 0 Å². The van der Waals surface area contributed by atoms with Crippen LogP contribution in [-0.2, 0) is 11.0 Å². The first-order valence-electron chi connectivity index (χ1n) is 9.76. The Labute approximate surface area is 196 Å². The van der Waals surface area contributed by atoms with Crippen molar-refractivity contribution >= 4 is 29.1 Å². The molecule has 0 saturated carbocycles. The molecule has 0 fully saturated rings. The summed E-state index contributed by atoms with van der Waals surface area (Å²) in [5.41, 5.74) is 1.67. The maximum atomic E-state index is 12.8. The van der Waals surface area contributed by atoms with Crippen molar-refractivity contribution in [1.82, 2.24) is 15.4 Å². The number of anilines is 1. The van der Waals surface area contributed by atoms with Gasteiger partial charge in [0.25, 0.3) is 5.91 Å². The number of aromatic nitrogens is 2. The molecule has 2 heterocycles. The van der Waals surface area contributed by atoms with Gasteiger partial charge in [-0.2, -0.15) is 13.2 Å². The number of alkyl halides is 3. The maximum Gasteiger partial charge on any atom is 0.433 e. The first-order chi connectivity index (χ1) is 16.1. The minimum atomic E-state index is -4.60. The molecule has 1 aromatic carbocycles. The number of amides is 2. The largest absolute Gasteiger partial charge is 0.491 e. The molecule has 178 valence electrons. The van der Waals surface area contributed by atoms with Gasteiger partial charge < -0.3 is 10.1 Å². The van der Waals surface area contributed by atoms with E-state index < -0.39 is 23.7 Å². The lowest BCUT2D eigenvalue weighted by atomic mass is 10.1. The van der Waals surface area contributed by atoms with Crippen LogP contribution in [0.5, 0.6) is 5.75 Å². The smallest absolute Gasteiger partial charge is 0.433 e. The number of benzene rings is 1. The highest BCUT2D eigenvalue weighted by Gasteiger charge is 2.33. The van der Waals surface area contributed by atoms with Crippen molar-refractivity contribution in [2.75, 3.05) is 11.9 Å². The molecular weight excluding hydrogens is 477 g/mol. The van der Waals surface area contributed by atoms with Crippen molar-refractivity contribution < 1.29 is 32.7 Å². The molecule has 2 aromatic heterocycles. The standard InChI is InChI=1S/C22H18ClF3N4O4/c1-12-15(4-7-19(28-12)22(24,25)26)21(32)29-13-2-5-17(23)16(10-13)18-6-3-14(11-27-18)34-9-8-20(31)30-33/h2-7,10-11,33H,8-9H2,1H3,(H,29,32)(H,30,31). The SMILES string of the molecule is Cc1nc(C(F)(F)F)ccc1C(=O)Nc1ccc(Cl)c(-c2ccc(OCCC(=O)NO)cn2)c1. The minimum Gasteiger partial charge on any atom is -0.491 e. The zero-order valence-corrected chi connectivity index (χ0v) is 18.4. The van der Waals surface area contributed by atoms with E-state index in [0.717, 1.165) is 12.1 Å². The fourth-order valence-corrected chi connectivity index (χ4v) is 3.11. The second-order valence-electron chi connectivity index (χ2n) is 6.99. The monoisotopic (exact) mass is 494 g/mol. The summed E-state index contributed by atoms with van der Waals surface area (Å²) in [6, 6.07) is 9.71. The third kappa shape index (κ3) is 6.21. The number of hydrogen-bond donors (Lipinski definition) is 3. The van der Waals surface area contributed by atoms with Crippen molar-refractivity contribution in [1.29, 1.82) is 0 Å². The van der Waals surface area contributed by atoms with Crippen LogP contribution in [0.4, 0.5) is 18.9 Å².